The fourth-order valence-electron chi connectivity index (χ4n) is 3.53. The van der Waals surface area contributed by atoms with Gasteiger partial charge >= 0.3 is 0 Å². The minimum Gasteiger partial charge on any atom is -0.237 e. The first-order chi connectivity index (χ1) is 8.54. The van der Waals surface area contributed by atoms with Gasteiger partial charge in [0, 0.05) is 16.5 Å². The van der Waals surface area contributed by atoms with Crippen molar-refractivity contribution in [3.05, 3.63) is 35.4 Å². The second-order valence-corrected chi connectivity index (χ2v) is 6.72. The van der Waals surface area contributed by atoms with E-state index in [-0.39, 0.29) is 23.4 Å². The first kappa shape index (κ1) is 11.0. The molecule has 1 saturated heterocycles. The van der Waals surface area contributed by atoms with E-state index in [2.05, 4.69) is 49.9 Å². The van der Waals surface area contributed by atoms with Crippen molar-refractivity contribution < 1.29 is 9.78 Å². The Kier molecular flexibility index (Phi) is 1.92. The zero-order valence-corrected chi connectivity index (χ0v) is 11.1. The van der Waals surface area contributed by atoms with Gasteiger partial charge in [-0.3, -0.25) is 0 Å². The van der Waals surface area contributed by atoms with E-state index in [0.29, 0.717) is 0 Å². The Bertz CT molecular complexity index is 501. The molecule has 1 spiro atoms. The normalized spacial score (nSPS) is 32.6. The van der Waals surface area contributed by atoms with Crippen LogP contribution >= 0.6 is 0 Å². The molecule has 1 saturated carbocycles. The van der Waals surface area contributed by atoms with Crippen LogP contribution in [0.25, 0.3) is 0 Å². The van der Waals surface area contributed by atoms with Crippen molar-refractivity contribution in [3.63, 3.8) is 0 Å². The second kappa shape index (κ2) is 3.16. The molecular formula is C15H19NO2. The van der Waals surface area contributed by atoms with Gasteiger partial charge in [-0.1, -0.05) is 24.3 Å². The molecule has 2 atom stereocenters. The van der Waals surface area contributed by atoms with Crippen molar-refractivity contribution in [2.24, 2.45) is 0 Å². The van der Waals surface area contributed by atoms with Crippen LogP contribution in [-0.4, -0.2) is 16.7 Å². The lowest BCUT2D eigenvalue weighted by molar-refractivity contribution is -0.299. The lowest BCUT2D eigenvalue weighted by atomic mass is 9.82. The van der Waals surface area contributed by atoms with Crippen molar-refractivity contribution >= 4 is 0 Å². The molecule has 1 aromatic carbocycles. The van der Waals surface area contributed by atoms with E-state index < -0.39 is 0 Å². The first-order valence-corrected chi connectivity index (χ1v) is 6.74. The van der Waals surface area contributed by atoms with Crippen LogP contribution in [0.2, 0.25) is 0 Å². The molecule has 1 aliphatic carbocycles. The van der Waals surface area contributed by atoms with Crippen molar-refractivity contribution in [2.75, 3.05) is 0 Å². The highest BCUT2D eigenvalue weighted by molar-refractivity contribution is 5.44. The summed E-state index contributed by atoms with van der Waals surface area (Å²) in [5.74, 6) is 0. The predicted octanol–water partition coefficient (Wildman–Crippen LogP) is 3.12. The summed E-state index contributed by atoms with van der Waals surface area (Å²) >= 11 is 0. The zero-order valence-electron chi connectivity index (χ0n) is 11.1. The average molecular weight is 245 g/mol. The fourth-order valence-corrected chi connectivity index (χ4v) is 3.53. The number of hydrogen-bond donors (Lipinski definition) is 0. The molecule has 2 heterocycles. The third-order valence-corrected chi connectivity index (χ3v) is 4.54. The number of rotatable bonds is 0. The van der Waals surface area contributed by atoms with Gasteiger partial charge in [0.2, 0.25) is 0 Å². The molecule has 3 nitrogen and oxygen atoms in total. The third-order valence-electron chi connectivity index (χ3n) is 4.54. The summed E-state index contributed by atoms with van der Waals surface area (Å²) in [6.45, 7) is 6.69. The van der Waals surface area contributed by atoms with E-state index in [9.17, 15) is 0 Å². The van der Waals surface area contributed by atoms with Crippen LogP contribution in [0.15, 0.2) is 24.3 Å². The van der Waals surface area contributed by atoms with Crippen LogP contribution in [0, 0.1) is 0 Å². The standard InChI is InChI=1S/C15H19NO2/c1-14(2,3)16-12-10-6-4-5-7-11(10)15(8-9-15)13(16)18-17-12/h4-7,12-13H,8-9H2,1-3H3. The Labute approximate surface area is 108 Å². The van der Waals surface area contributed by atoms with Crippen molar-refractivity contribution in [3.8, 4) is 0 Å². The highest BCUT2D eigenvalue weighted by Gasteiger charge is 2.65. The quantitative estimate of drug-likeness (QED) is 0.655. The van der Waals surface area contributed by atoms with Crippen LogP contribution < -0.4 is 0 Å². The summed E-state index contributed by atoms with van der Waals surface area (Å²) in [4.78, 5) is 13.7. The summed E-state index contributed by atoms with van der Waals surface area (Å²) < 4.78 is 0. The molecule has 96 valence electrons. The molecular weight excluding hydrogens is 226 g/mol. The summed E-state index contributed by atoms with van der Waals surface area (Å²) in [6.07, 6.45) is 2.45. The average Bonchev–Trinajstić information content (AvgIpc) is 3.01. The Morgan fingerprint density at radius 1 is 1.17 bits per heavy atom. The molecule has 1 aromatic rings. The molecule has 0 amide bonds. The molecule has 0 N–H and O–H groups in total. The van der Waals surface area contributed by atoms with Gasteiger partial charge in [-0.2, -0.15) is 0 Å². The van der Waals surface area contributed by atoms with Crippen LogP contribution in [0.3, 0.4) is 0 Å². The lowest BCUT2D eigenvalue weighted by Crippen LogP contribution is -2.53. The smallest absolute Gasteiger partial charge is 0.174 e. The number of benzene rings is 1. The molecule has 0 aromatic heterocycles. The van der Waals surface area contributed by atoms with Crippen LogP contribution in [0.4, 0.5) is 0 Å². The SMILES string of the molecule is CC(C)(C)N1C2OOC1C1(CC1)c1ccccc12. The Hall–Kier alpha value is -0.900. The molecule has 2 unspecified atom stereocenters. The van der Waals surface area contributed by atoms with E-state index in [0.717, 1.165) is 0 Å². The van der Waals surface area contributed by atoms with E-state index >= 15 is 0 Å². The maximum atomic E-state index is 5.70. The number of hydrogen-bond acceptors (Lipinski definition) is 3. The van der Waals surface area contributed by atoms with Gasteiger partial charge < -0.3 is 0 Å². The molecule has 3 aliphatic rings. The molecule has 2 aliphatic heterocycles. The first-order valence-electron chi connectivity index (χ1n) is 6.74. The van der Waals surface area contributed by atoms with Gasteiger partial charge in [0.1, 0.15) is 0 Å². The van der Waals surface area contributed by atoms with Gasteiger partial charge in [0.25, 0.3) is 0 Å². The molecule has 2 fully saturated rings. The number of fused-ring (bicyclic) bond motifs is 6. The predicted molar refractivity (Wildman–Crippen MR) is 67.6 cm³/mol. The fraction of sp³-hybridized carbons (Fsp3) is 0.600. The highest BCUT2D eigenvalue weighted by Crippen LogP contribution is 2.62. The van der Waals surface area contributed by atoms with Crippen molar-refractivity contribution in [2.45, 2.75) is 57.0 Å². The van der Waals surface area contributed by atoms with Crippen molar-refractivity contribution in [1.29, 1.82) is 0 Å². The third kappa shape index (κ3) is 1.20. The Balaban J connectivity index is 1.92. The van der Waals surface area contributed by atoms with Gasteiger partial charge in [-0.25, -0.2) is 14.7 Å². The maximum absolute atomic E-state index is 5.70. The van der Waals surface area contributed by atoms with Crippen LogP contribution in [-0.2, 0) is 15.2 Å². The summed E-state index contributed by atoms with van der Waals surface area (Å²) in [7, 11) is 0. The highest BCUT2D eigenvalue weighted by atomic mass is 17.2. The Morgan fingerprint density at radius 3 is 2.56 bits per heavy atom. The Morgan fingerprint density at radius 2 is 1.89 bits per heavy atom. The number of nitrogens with zero attached hydrogens (tertiary/aromatic N) is 1. The molecule has 18 heavy (non-hydrogen) atoms. The van der Waals surface area contributed by atoms with E-state index in [1.807, 2.05) is 0 Å². The topological polar surface area (TPSA) is 21.7 Å². The monoisotopic (exact) mass is 245 g/mol. The van der Waals surface area contributed by atoms with Gasteiger partial charge in [-0.05, 0) is 39.2 Å². The van der Waals surface area contributed by atoms with E-state index in [1.54, 1.807) is 0 Å². The van der Waals surface area contributed by atoms with Gasteiger partial charge in [0.05, 0.1) is 0 Å². The minimum atomic E-state index is -0.0441. The minimum absolute atomic E-state index is 0.0441. The van der Waals surface area contributed by atoms with Crippen LogP contribution in [0.5, 0.6) is 0 Å². The summed E-state index contributed by atoms with van der Waals surface area (Å²) in [5.41, 5.74) is 2.96. The van der Waals surface area contributed by atoms with Gasteiger partial charge in [-0.15, -0.1) is 0 Å². The summed E-state index contributed by atoms with van der Waals surface area (Å²) in [5, 5.41) is 0. The lowest BCUT2D eigenvalue weighted by Gasteiger charge is -2.44. The van der Waals surface area contributed by atoms with Crippen molar-refractivity contribution in [1.82, 2.24) is 4.90 Å². The van der Waals surface area contributed by atoms with Crippen LogP contribution in [0.1, 0.15) is 51.0 Å². The second-order valence-electron chi connectivity index (χ2n) is 6.72. The molecule has 0 radical (unpaired) electrons. The van der Waals surface area contributed by atoms with E-state index in [4.69, 9.17) is 9.78 Å². The maximum Gasteiger partial charge on any atom is 0.174 e. The summed E-state index contributed by atoms with van der Waals surface area (Å²) in [6, 6.07) is 8.66. The van der Waals surface area contributed by atoms with E-state index in [1.165, 1.54) is 24.0 Å². The molecule has 4 rings (SSSR count). The van der Waals surface area contributed by atoms with Gasteiger partial charge in [0.15, 0.2) is 12.5 Å². The molecule has 2 bridgehead atoms. The largest absolute Gasteiger partial charge is 0.237 e. The zero-order chi connectivity index (χ0) is 12.5. The molecule has 3 heteroatoms.